The van der Waals surface area contributed by atoms with Gasteiger partial charge < -0.3 is 24.4 Å². The molecule has 7 nitrogen and oxygen atoms in total. The predicted octanol–water partition coefficient (Wildman–Crippen LogP) is 4.09. The Morgan fingerprint density at radius 1 is 1.03 bits per heavy atom. The van der Waals surface area contributed by atoms with Gasteiger partial charge in [-0.15, -0.1) is 0 Å². The van der Waals surface area contributed by atoms with Crippen LogP contribution in [0.2, 0.25) is 0 Å². The van der Waals surface area contributed by atoms with Gasteiger partial charge in [-0.25, -0.2) is 4.98 Å². The quantitative estimate of drug-likeness (QED) is 0.484. The van der Waals surface area contributed by atoms with E-state index in [4.69, 9.17) is 9.15 Å². The van der Waals surface area contributed by atoms with Gasteiger partial charge in [0.15, 0.2) is 5.76 Å². The molecule has 0 spiro atoms. The number of ether oxygens (including phenoxy) is 1. The van der Waals surface area contributed by atoms with Gasteiger partial charge in [0.2, 0.25) is 11.2 Å². The molecule has 3 N–H and O–H groups in total. The molecule has 0 radical (unpaired) electrons. The van der Waals surface area contributed by atoms with Crippen molar-refractivity contribution >= 4 is 0 Å². The molecule has 2 heterocycles. The first-order valence-electron chi connectivity index (χ1n) is 8.84. The second kappa shape index (κ2) is 7.20. The van der Waals surface area contributed by atoms with Gasteiger partial charge >= 0.3 is 0 Å². The summed E-state index contributed by atoms with van der Waals surface area (Å²) >= 11 is 0. The molecule has 2 aromatic heterocycles. The highest BCUT2D eigenvalue weighted by molar-refractivity contribution is 5.81. The first-order chi connectivity index (χ1) is 14.0. The maximum absolute atomic E-state index is 12.1. The number of aromatic nitrogens is 2. The molecule has 0 unspecified atom stereocenters. The standard InChI is InChI=1S/C22H18N2O5/c1-12-10-17(26)20(27)21(29-12)19-18(13-6-8-16(28-2)9-7-13)23-22(24-19)14-4-3-5-15(25)11-14/h3-11,25,27H,1-2H3,(H,23,24). The van der Waals surface area contributed by atoms with E-state index in [9.17, 15) is 15.0 Å². The maximum atomic E-state index is 12.1. The number of H-pyrrole nitrogens is 1. The molecule has 29 heavy (non-hydrogen) atoms. The van der Waals surface area contributed by atoms with E-state index >= 15 is 0 Å². The van der Waals surface area contributed by atoms with Crippen LogP contribution in [0.1, 0.15) is 5.76 Å². The van der Waals surface area contributed by atoms with E-state index in [0.29, 0.717) is 34.3 Å². The summed E-state index contributed by atoms with van der Waals surface area (Å²) in [6.45, 7) is 1.63. The van der Waals surface area contributed by atoms with Crippen LogP contribution in [0.25, 0.3) is 34.1 Å². The number of benzene rings is 2. The molecule has 0 aliphatic heterocycles. The average Bonchev–Trinajstić information content (AvgIpc) is 3.16. The second-order valence-corrected chi connectivity index (χ2v) is 6.49. The Bertz CT molecular complexity index is 1240. The van der Waals surface area contributed by atoms with Gasteiger partial charge in [-0.3, -0.25) is 4.79 Å². The Morgan fingerprint density at radius 3 is 2.48 bits per heavy atom. The lowest BCUT2D eigenvalue weighted by Gasteiger charge is -2.06. The fourth-order valence-corrected chi connectivity index (χ4v) is 3.06. The monoisotopic (exact) mass is 390 g/mol. The van der Waals surface area contributed by atoms with Crippen molar-refractivity contribution < 1.29 is 19.4 Å². The van der Waals surface area contributed by atoms with Gasteiger partial charge in [-0.1, -0.05) is 12.1 Å². The third-order valence-electron chi connectivity index (χ3n) is 4.46. The van der Waals surface area contributed by atoms with E-state index in [-0.39, 0.29) is 11.5 Å². The largest absolute Gasteiger partial charge is 0.508 e. The van der Waals surface area contributed by atoms with E-state index in [0.717, 1.165) is 5.56 Å². The summed E-state index contributed by atoms with van der Waals surface area (Å²) in [6, 6.07) is 15.0. The molecule has 146 valence electrons. The molecule has 0 atom stereocenters. The number of hydrogen-bond acceptors (Lipinski definition) is 6. The molecule has 2 aromatic carbocycles. The van der Waals surface area contributed by atoms with Crippen LogP contribution in [-0.4, -0.2) is 27.3 Å². The summed E-state index contributed by atoms with van der Waals surface area (Å²) < 4.78 is 10.9. The summed E-state index contributed by atoms with van der Waals surface area (Å²) in [5.74, 6) is 1.08. The predicted molar refractivity (Wildman–Crippen MR) is 108 cm³/mol. The number of aryl methyl sites for hydroxylation is 1. The highest BCUT2D eigenvalue weighted by Crippen LogP contribution is 2.37. The topological polar surface area (TPSA) is 109 Å². The smallest absolute Gasteiger partial charge is 0.227 e. The number of phenolic OH excluding ortho intramolecular Hbond substituents is 1. The number of nitrogens with one attached hydrogen (secondary N) is 1. The van der Waals surface area contributed by atoms with Gasteiger partial charge in [0.05, 0.1) is 7.11 Å². The zero-order valence-electron chi connectivity index (χ0n) is 15.8. The van der Waals surface area contributed by atoms with Crippen molar-refractivity contribution in [3.63, 3.8) is 0 Å². The van der Waals surface area contributed by atoms with Gasteiger partial charge in [0.1, 0.15) is 34.5 Å². The summed E-state index contributed by atoms with van der Waals surface area (Å²) in [6.07, 6.45) is 0. The Hall–Kier alpha value is -4.00. The fraction of sp³-hybridized carbons (Fsp3) is 0.0909. The van der Waals surface area contributed by atoms with Gasteiger partial charge in [0.25, 0.3) is 0 Å². The highest BCUT2D eigenvalue weighted by atomic mass is 16.5. The maximum Gasteiger partial charge on any atom is 0.227 e. The number of aromatic hydroxyl groups is 2. The summed E-state index contributed by atoms with van der Waals surface area (Å²) in [4.78, 5) is 19.9. The summed E-state index contributed by atoms with van der Waals surface area (Å²) in [7, 11) is 1.58. The molecule has 7 heteroatoms. The lowest BCUT2D eigenvalue weighted by Crippen LogP contribution is -2.01. The van der Waals surface area contributed by atoms with Crippen molar-refractivity contribution in [2.24, 2.45) is 0 Å². The molecule has 0 aliphatic carbocycles. The number of hydrogen-bond donors (Lipinski definition) is 3. The molecule has 0 saturated heterocycles. The number of nitrogens with zero attached hydrogens (tertiary/aromatic N) is 1. The third-order valence-corrected chi connectivity index (χ3v) is 4.46. The Labute approximate surface area is 165 Å². The van der Waals surface area contributed by atoms with Crippen LogP contribution in [0, 0.1) is 6.92 Å². The average molecular weight is 390 g/mol. The van der Waals surface area contributed by atoms with E-state index in [1.54, 1.807) is 50.4 Å². The van der Waals surface area contributed by atoms with Crippen molar-refractivity contribution in [3.05, 3.63) is 70.6 Å². The Kier molecular flexibility index (Phi) is 4.56. The lowest BCUT2D eigenvalue weighted by atomic mass is 10.1. The zero-order chi connectivity index (χ0) is 20.5. The van der Waals surface area contributed by atoms with Gasteiger partial charge in [-0.2, -0.15) is 0 Å². The van der Waals surface area contributed by atoms with Crippen molar-refractivity contribution in [2.45, 2.75) is 6.92 Å². The van der Waals surface area contributed by atoms with Crippen molar-refractivity contribution in [3.8, 4) is 51.3 Å². The second-order valence-electron chi connectivity index (χ2n) is 6.49. The van der Waals surface area contributed by atoms with E-state index < -0.39 is 11.2 Å². The highest BCUT2D eigenvalue weighted by Gasteiger charge is 2.22. The number of phenols is 1. The van der Waals surface area contributed by atoms with Crippen LogP contribution in [0.15, 0.2) is 63.8 Å². The van der Waals surface area contributed by atoms with Crippen molar-refractivity contribution in [1.82, 2.24) is 9.97 Å². The number of imidazole rings is 1. The van der Waals surface area contributed by atoms with E-state index in [1.165, 1.54) is 6.07 Å². The third kappa shape index (κ3) is 3.45. The Morgan fingerprint density at radius 2 is 1.79 bits per heavy atom. The van der Waals surface area contributed by atoms with Crippen LogP contribution in [0.5, 0.6) is 17.2 Å². The van der Waals surface area contributed by atoms with Gasteiger partial charge in [0, 0.05) is 17.2 Å². The molecule has 4 aromatic rings. The first-order valence-corrected chi connectivity index (χ1v) is 8.84. The van der Waals surface area contributed by atoms with Gasteiger partial charge in [-0.05, 0) is 43.3 Å². The molecule has 0 bridgehead atoms. The number of aromatic amines is 1. The van der Waals surface area contributed by atoms with Crippen LogP contribution < -0.4 is 10.2 Å². The van der Waals surface area contributed by atoms with Crippen LogP contribution in [-0.2, 0) is 0 Å². The zero-order valence-corrected chi connectivity index (χ0v) is 15.8. The number of methoxy groups -OCH3 is 1. The Balaban J connectivity index is 1.96. The van der Waals surface area contributed by atoms with Crippen LogP contribution >= 0.6 is 0 Å². The summed E-state index contributed by atoms with van der Waals surface area (Å²) in [5.41, 5.74) is 1.66. The van der Waals surface area contributed by atoms with Crippen LogP contribution in [0.3, 0.4) is 0 Å². The van der Waals surface area contributed by atoms with E-state index in [2.05, 4.69) is 9.97 Å². The van der Waals surface area contributed by atoms with Crippen molar-refractivity contribution in [1.29, 1.82) is 0 Å². The minimum atomic E-state index is -0.544. The molecule has 0 amide bonds. The minimum absolute atomic E-state index is 0.000258. The van der Waals surface area contributed by atoms with Crippen molar-refractivity contribution in [2.75, 3.05) is 7.11 Å². The molecule has 0 fully saturated rings. The number of rotatable bonds is 4. The normalized spacial score (nSPS) is 10.8. The SMILES string of the molecule is COc1ccc(-c2nc(-c3cccc(O)c3)[nH]c2-c2oc(C)cc(=O)c2O)cc1. The lowest BCUT2D eigenvalue weighted by molar-refractivity contribution is 0.415. The molecule has 4 rings (SSSR count). The minimum Gasteiger partial charge on any atom is -0.508 e. The van der Waals surface area contributed by atoms with E-state index in [1.807, 2.05) is 12.1 Å². The first kappa shape index (κ1) is 18.4. The fourth-order valence-electron chi connectivity index (χ4n) is 3.06. The molecule has 0 saturated carbocycles. The summed E-state index contributed by atoms with van der Waals surface area (Å²) in [5, 5.41) is 20.1. The van der Waals surface area contributed by atoms with Crippen LogP contribution in [0.4, 0.5) is 0 Å². The molecular formula is C22H18N2O5. The molecular weight excluding hydrogens is 372 g/mol. The molecule has 0 aliphatic rings.